The first kappa shape index (κ1) is 15.4. The van der Waals surface area contributed by atoms with E-state index < -0.39 is 18.2 Å². The van der Waals surface area contributed by atoms with E-state index in [1.807, 2.05) is 0 Å². The molecule has 96 valence electrons. The van der Waals surface area contributed by atoms with Gasteiger partial charge in [-0.15, -0.1) is 0 Å². The zero-order valence-corrected chi connectivity index (χ0v) is 10.5. The maximum absolute atomic E-state index is 11.4. The second-order valence-corrected chi connectivity index (χ2v) is 3.46. The molecule has 5 nitrogen and oxygen atoms in total. The van der Waals surface area contributed by atoms with Crippen LogP contribution in [-0.2, 0) is 19.1 Å². The Morgan fingerprint density at radius 2 is 1.65 bits per heavy atom. The predicted octanol–water partition coefficient (Wildman–Crippen LogP) is 1.32. The molecule has 0 aromatic rings. The molecule has 0 aliphatic rings. The molecule has 17 heavy (non-hydrogen) atoms. The molecule has 0 aliphatic heterocycles. The van der Waals surface area contributed by atoms with Gasteiger partial charge >= 0.3 is 11.9 Å². The van der Waals surface area contributed by atoms with Gasteiger partial charge in [-0.2, -0.15) is 0 Å². The Bertz CT molecular complexity index is 341. The smallest absolute Gasteiger partial charge is 0.336 e. The monoisotopic (exact) mass is 242 g/mol. The van der Waals surface area contributed by atoms with Gasteiger partial charge < -0.3 is 14.6 Å². The van der Waals surface area contributed by atoms with Gasteiger partial charge in [-0.1, -0.05) is 19.1 Å². The summed E-state index contributed by atoms with van der Waals surface area (Å²) in [5.74, 6) is -1.08. The lowest BCUT2D eigenvalue weighted by molar-refractivity contribution is -0.163. The van der Waals surface area contributed by atoms with Gasteiger partial charge in [0.15, 0.2) is 0 Å². The Labute approximate surface area is 101 Å². The first-order chi connectivity index (χ1) is 7.92. The Morgan fingerprint density at radius 3 is 2.06 bits per heavy atom. The molecular formula is C12H18O5. The number of carbonyl (C=O) groups is 2. The highest BCUT2D eigenvalue weighted by molar-refractivity contribution is 5.90. The molecule has 0 aromatic carbocycles. The first-order valence-electron chi connectivity index (χ1n) is 5.24. The SMILES string of the molecule is CCC(O)OC(=O)/C(C)=C/C=C(\C)C(=O)OC. The maximum atomic E-state index is 11.4. The van der Waals surface area contributed by atoms with Crippen LogP contribution < -0.4 is 0 Å². The number of carbonyl (C=O) groups excluding carboxylic acids is 2. The van der Waals surface area contributed by atoms with Crippen LogP contribution in [0.15, 0.2) is 23.3 Å². The minimum atomic E-state index is -1.10. The number of methoxy groups -OCH3 is 1. The van der Waals surface area contributed by atoms with Gasteiger partial charge in [0, 0.05) is 17.6 Å². The zero-order chi connectivity index (χ0) is 13.4. The molecule has 0 bridgehead atoms. The van der Waals surface area contributed by atoms with Crippen LogP contribution in [0, 0.1) is 0 Å². The topological polar surface area (TPSA) is 72.8 Å². The lowest BCUT2D eigenvalue weighted by Crippen LogP contribution is -2.17. The van der Waals surface area contributed by atoms with E-state index in [-0.39, 0.29) is 0 Å². The van der Waals surface area contributed by atoms with Crippen molar-refractivity contribution in [2.45, 2.75) is 33.5 Å². The number of aliphatic hydroxyl groups is 1. The van der Waals surface area contributed by atoms with Crippen LogP contribution in [0.3, 0.4) is 0 Å². The summed E-state index contributed by atoms with van der Waals surface area (Å²) in [4.78, 5) is 22.4. The summed E-state index contributed by atoms with van der Waals surface area (Å²) < 4.78 is 9.18. The second kappa shape index (κ2) is 7.62. The number of allylic oxidation sites excluding steroid dienone is 2. The lowest BCUT2D eigenvalue weighted by atomic mass is 10.2. The molecule has 0 aliphatic carbocycles. The van der Waals surface area contributed by atoms with E-state index in [1.54, 1.807) is 13.8 Å². The van der Waals surface area contributed by atoms with E-state index in [1.165, 1.54) is 26.2 Å². The van der Waals surface area contributed by atoms with E-state index in [0.29, 0.717) is 17.6 Å². The van der Waals surface area contributed by atoms with Gasteiger partial charge in [-0.3, -0.25) is 0 Å². The third kappa shape index (κ3) is 5.87. The highest BCUT2D eigenvalue weighted by atomic mass is 16.6. The summed E-state index contributed by atoms with van der Waals surface area (Å²) in [6.45, 7) is 4.80. The third-order valence-corrected chi connectivity index (χ3v) is 2.00. The van der Waals surface area contributed by atoms with Gasteiger partial charge in [0.1, 0.15) is 0 Å². The number of aliphatic hydroxyl groups excluding tert-OH is 1. The van der Waals surface area contributed by atoms with Crippen molar-refractivity contribution < 1.29 is 24.2 Å². The summed E-state index contributed by atoms with van der Waals surface area (Å²) in [6.07, 6.45) is 2.13. The molecule has 1 N–H and O–H groups in total. The van der Waals surface area contributed by atoms with Crippen molar-refractivity contribution in [1.29, 1.82) is 0 Å². The van der Waals surface area contributed by atoms with Crippen molar-refractivity contribution >= 4 is 11.9 Å². The molecule has 1 unspecified atom stereocenters. The molecule has 0 rings (SSSR count). The number of ether oxygens (including phenoxy) is 2. The van der Waals surface area contributed by atoms with Crippen molar-refractivity contribution in [2.75, 3.05) is 7.11 Å². The number of hydrogen-bond donors (Lipinski definition) is 1. The van der Waals surface area contributed by atoms with Crippen molar-refractivity contribution in [3.63, 3.8) is 0 Å². The summed E-state index contributed by atoms with van der Waals surface area (Å²) >= 11 is 0. The van der Waals surface area contributed by atoms with Crippen LogP contribution in [0.25, 0.3) is 0 Å². The molecule has 0 fully saturated rings. The fourth-order valence-electron chi connectivity index (χ4n) is 0.847. The summed E-state index contributed by atoms with van der Waals surface area (Å²) in [5, 5.41) is 9.12. The molecule has 0 spiro atoms. The highest BCUT2D eigenvalue weighted by Crippen LogP contribution is 2.04. The summed E-state index contributed by atoms with van der Waals surface area (Å²) in [6, 6.07) is 0. The first-order valence-corrected chi connectivity index (χ1v) is 5.24. The van der Waals surface area contributed by atoms with Crippen LogP contribution in [0.4, 0.5) is 0 Å². The predicted molar refractivity (Wildman–Crippen MR) is 61.9 cm³/mol. The fraction of sp³-hybridized carbons (Fsp3) is 0.500. The van der Waals surface area contributed by atoms with Gasteiger partial charge in [0.05, 0.1) is 7.11 Å². The van der Waals surface area contributed by atoms with Crippen LogP contribution in [0.5, 0.6) is 0 Å². The van der Waals surface area contributed by atoms with Gasteiger partial charge in [0.2, 0.25) is 6.29 Å². The van der Waals surface area contributed by atoms with Crippen molar-refractivity contribution in [1.82, 2.24) is 0 Å². The van der Waals surface area contributed by atoms with Crippen LogP contribution >= 0.6 is 0 Å². The Balaban J connectivity index is 4.54. The Morgan fingerprint density at radius 1 is 1.18 bits per heavy atom. The molecule has 0 heterocycles. The lowest BCUT2D eigenvalue weighted by Gasteiger charge is -2.09. The average molecular weight is 242 g/mol. The van der Waals surface area contributed by atoms with E-state index in [4.69, 9.17) is 5.11 Å². The Kier molecular flexibility index (Phi) is 6.89. The summed E-state index contributed by atoms with van der Waals surface area (Å²) in [5.41, 5.74) is 0.663. The molecule has 5 heteroatoms. The minimum absolute atomic E-state index is 0.292. The number of esters is 2. The van der Waals surface area contributed by atoms with E-state index in [9.17, 15) is 9.59 Å². The largest absolute Gasteiger partial charge is 0.466 e. The van der Waals surface area contributed by atoms with Gasteiger partial charge in [-0.05, 0) is 13.8 Å². The third-order valence-electron chi connectivity index (χ3n) is 2.00. The fourth-order valence-corrected chi connectivity index (χ4v) is 0.847. The molecule has 0 radical (unpaired) electrons. The Hall–Kier alpha value is -1.62. The van der Waals surface area contributed by atoms with Crippen molar-refractivity contribution in [3.05, 3.63) is 23.3 Å². The zero-order valence-electron chi connectivity index (χ0n) is 10.5. The van der Waals surface area contributed by atoms with E-state index in [0.717, 1.165) is 0 Å². The quantitative estimate of drug-likeness (QED) is 0.341. The van der Waals surface area contributed by atoms with E-state index in [2.05, 4.69) is 9.47 Å². The maximum Gasteiger partial charge on any atom is 0.336 e. The molecule has 0 amide bonds. The molecule has 0 saturated heterocycles. The van der Waals surface area contributed by atoms with Crippen LogP contribution in [0.2, 0.25) is 0 Å². The number of hydrogen-bond acceptors (Lipinski definition) is 5. The van der Waals surface area contributed by atoms with Crippen molar-refractivity contribution in [3.8, 4) is 0 Å². The average Bonchev–Trinajstić information content (AvgIpc) is 2.33. The molecular weight excluding hydrogens is 224 g/mol. The van der Waals surface area contributed by atoms with Gasteiger partial charge in [0.25, 0.3) is 0 Å². The van der Waals surface area contributed by atoms with Crippen molar-refractivity contribution in [2.24, 2.45) is 0 Å². The minimum Gasteiger partial charge on any atom is -0.466 e. The molecule has 0 aromatic heterocycles. The normalized spacial score (nSPS) is 14.2. The molecule has 0 saturated carbocycles. The number of rotatable bonds is 5. The van der Waals surface area contributed by atoms with Crippen LogP contribution in [-0.4, -0.2) is 30.4 Å². The van der Waals surface area contributed by atoms with Gasteiger partial charge in [-0.25, -0.2) is 9.59 Å². The van der Waals surface area contributed by atoms with Crippen LogP contribution in [0.1, 0.15) is 27.2 Å². The second-order valence-electron chi connectivity index (χ2n) is 3.46. The standard InChI is InChI=1S/C12H18O5/c1-5-10(13)17-12(15)9(3)7-6-8(2)11(14)16-4/h6-7,10,13H,5H2,1-4H3/b8-6+,9-7+. The summed E-state index contributed by atoms with van der Waals surface area (Å²) in [7, 11) is 1.28. The molecule has 1 atom stereocenters. The highest BCUT2D eigenvalue weighted by Gasteiger charge is 2.10. The van der Waals surface area contributed by atoms with E-state index >= 15 is 0 Å².